The van der Waals surface area contributed by atoms with Crippen molar-refractivity contribution >= 4 is 17.9 Å². The lowest BCUT2D eigenvalue weighted by Crippen LogP contribution is -2.70. The lowest BCUT2D eigenvalue weighted by atomic mass is 9.55. The number of oxime groups is 1. The molecule has 15 nitrogen and oxygen atoms in total. The highest BCUT2D eigenvalue weighted by atomic mass is 16.7. The molecule has 15 heteroatoms. The number of unbranched alkanes of at least 4 members (excludes halogenated alkanes) is 2. The number of carbonyl (C=O) groups excluding carboxylic acids is 2. The van der Waals surface area contributed by atoms with Crippen molar-refractivity contribution in [3.8, 4) is 23.0 Å². The minimum Gasteiger partial charge on any atom is -0.459 e. The first-order valence-electron chi connectivity index (χ1n) is 24.5. The van der Waals surface area contributed by atoms with Crippen LogP contribution >= 0.6 is 0 Å². The van der Waals surface area contributed by atoms with Crippen molar-refractivity contribution < 1.29 is 57.8 Å². The number of aliphatic hydroxyl groups is 2. The molecule has 0 bridgehead atoms. The van der Waals surface area contributed by atoms with E-state index < -0.39 is 29.9 Å². The van der Waals surface area contributed by atoms with E-state index in [9.17, 15) is 15.0 Å². The van der Waals surface area contributed by atoms with Crippen LogP contribution in [0, 0.1) is 17.8 Å². The van der Waals surface area contributed by atoms with Crippen molar-refractivity contribution in [3.05, 3.63) is 144 Å². The molecule has 4 aromatic carbocycles. The molecule has 8 rings (SSSR count). The third kappa shape index (κ3) is 11.8. The molecule has 0 aromatic heterocycles. The summed E-state index contributed by atoms with van der Waals surface area (Å²) in [5.41, 5.74) is 4.99. The average molecular weight is 960 g/mol. The van der Waals surface area contributed by atoms with Gasteiger partial charge in [-0.15, -0.1) is 6.58 Å². The van der Waals surface area contributed by atoms with E-state index in [-0.39, 0.29) is 77.1 Å². The number of aliphatic hydroxyl groups excluding tert-OH is 2. The van der Waals surface area contributed by atoms with Gasteiger partial charge in [0.2, 0.25) is 12.6 Å². The van der Waals surface area contributed by atoms with E-state index in [1.165, 1.54) is 0 Å². The SMILES string of the molecule is C=CCO[C@@]12Oc3ccc(OC(=O)NCc4ccccc4)cc3[C@H]3[C@H](CCCCO)[C@@H](CCCCO)C=C(C(=NOCC)C[C@@H]1N(Cc1ccc4c(c1)OCO4)C(=O)OCCOCc1ccccc1)[C@H]32. The second-order valence-corrected chi connectivity index (χ2v) is 17.9. The molecule has 372 valence electrons. The number of amides is 2. The summed E-state index contributed by atoms with van der Waals surface area (Å²) in [6.45, 7) is 7.32. The second-order valence-electron chi connectivity index (χ2n) is 17.9. The van der Waals surface area contributed by atoms with Gasteiger partial charge in [0.05, 0.1) is 31.5 Å². The van der Waals surface area contributed by atoms with Crippen LogP contribution in [0.5, 0.6) is 23.0 Å². The van der Waals surface area contributed by atoms with Gasteiger partial charge in [-0.2, -0.15) is 0 Å². The highest BCUT2D eigenvalue weighted by Crippen LogP contribution is 2.62. The normalized spacial score (nSPS) is 22.2. The van der Waals surface area contributed by atoms with E-state index in [2.05, 4.69) is 18.0 Å². The molecule has 4 aromatic rings. The van der Waals surface area contributed by atoms with Crippen LogP contribution in [0.3, 0.4) is 0 Å². The van der Waals surface area contributed by atoms with Gasteiger partial charge in [0, 0.05) is 44.2 Å². The molecule has 0 saturated heterocycles. The number of rotatable bonds is 24. The van der Waals surface area contributed by atoms with E-state index in [1.54, 1.807) is 23.1 Å². The standard InChI is InChI=1S/C55H65N3O12/c1-3-27-67-55-50(58(35-40-21-23-48-49(30-40)66-37-65-48)54(62)64-29-28-63-36-39-17-9-6-10-18-39)33-46(57-68-4-2)44-31-41(19-11-13-25-59)43(20-12-14-26-60)51(52(44)55)45-32-42(22-24-47(45)70-55)69-53(61)56-34-38-15-7-5-8-16-38/h3,5-10,15-18,21-24,30-32,41,43,50-52,59-60H,1,4,11-14,19-20,25-29,33-37H2,2H3,(H,56,61)/t41-,43+,50-,51+,52+,55+/m0/s1. The van der Waals surface area contributed by atoms with Crippen molar-refractivity contribution in [2.75, 3.05) is 46.4 Å². The molecule has 2 aliphatic heterocycles. The van der Waals surface area contributed by atoms with Gasteiger partial charge in [0.1, 0.15) is 30.8 Å². The summed E-state index contributed by atoms with van der Waals surface area (Å²) < 4.78 is 44.0. The molecule has 6 atom stereocenters. The fourth-order valence-corrected chi connectivity index (χ4v) is 10.3. The number of benzene rings is 4. The van der Waals surface area contributed by atoms with Gasteiger partial charge in [-0.3, -0.25) is 4.90 Å². The predicted molar refractivity (Wildman–Crippen MR) is 261 cm³/mol. The van der Waals surface area contributed by atoms with Crippen molar-refractivity contribution in [3.63, 3.8) is 0 Å². The zero-order chi connectivity index (χ0) is 48.7. The molecule has 2 amide bonds. The van der Waals surface area contributed by atoms with Crippen molar-refractivity contribution in [2.24, 2.45) is 22.9 Å². The van der Waals surface area contributed by atoms with Crippen LogP contribution in [-0.4, -0.2) is 91.3 Å². The van der Waals surface area contributed by atoms with Crippen LogP contribution in [0.15, 0.2) is 127 Å². The highest BCUT2D eigenvalue weighted by Gasteiger charge is 2.65. The first kappa shape index (κ1) is 50.0. The minimum atomic E-state index is -1.57. The fraction of sp³-hybridized carbons (Fsp3) is 0.436. The maximum atomic E-state index is 15.0. The van der Waals surface area contributed by atoms with Crippen molar-refractivity contribution in [1.82, 2.24) is 10.2 Å². The first-order chi connectivity index (χ1) is 34.3. The Balaban J connectivity index is 1.23. The number of hydrogen-bond acceptors (Lipinski definition) is 13. The maximum absolute atomic E-state index is 15.0. The zero-order valence-corrected chi connectivity index (χ0v) is 39.9. The van der Waals surface area contributed by atoms with Gasteiger partial charge in [0.25, 0.3) is 0 Å². The molecular formula is C55H65N3O12. The van der Waals surface area contributed by atoms with Gasteiger partial charge in [-0.25, -0.2) is 9.59 Å². The largest absolute Gasteiger partial charge is 0.459 e. The summed E-state index contributed by atoms with van der Waals surface area (Å²) in [5, 5.41) is 27.7. The summed E-state index contributed by atoms with van der Waals surface area (Å²) in [6, 6.07) is 29.5. The number of allylic oxidation sites excluding steroid dienone is 1. The van der Waals surface area contributed by atoms with E-state index in [0.29, 0.717) is 54.8 Å². The average Bonchev–Trinajstić information content (AvgIpc) is 3.86. The van der Waals surface area contributed by atoms with Crippen molar-refractivity contribution in [1.29, 1.82) is 0 Å². The molecule has 2 aliphatic carbocycles. The van der Waals surface area contributed by atoms with Crippen LogP contribution in [0.25, 0.3) is 0 Å². The van der Waals surface area contributed by atoms with E-state index >= 15 is 4.79 Å². The lowest BCUT2D eigenvalue weighted by Gasteiger charge is -2.59. The Kier molecular flexibility index (Phi) is 17.5. The molecule has 0 radical (unpaired) electrons. The van der Waals surface area contributed by atoms with Crippen LogP contribution < -0.4 is 24.3 Å². The smallest absolute Gasteiger partial charge is 0.412 e. The van der Waals surface area contributed by atoms with Crippen LogP contribution in [0.2, 0.25) is 0 Å². The van der Waals surface area contributed by atoms with E-state index in [0.717, 1.165) is 53.5 Å². The summed E-state index contributed by atoms with van der Waals surface area (Å²) in [7, 11) is 0. The van der Waals surface area contributed by atoms with E-state index in [4.69, 9.17) is 43.2 Å². The third-order valence-corrected chi connectivity index (χ3v) is 13.4. The lowest BCUT2D eigenvalue weighted by molar-refractivity contribution is -0.256. The quantitative estimate of drug-likeness (QED) is 0.0345. The monoisotopic (exact) mass is 959 g/mol. The summed E-state index contributed by atoms with van der Waals surface area (Å²) in [4.78, 5) is 36.0. The second kappa shape index (κ2) is 24.4. The molecule has 2 heterocycles. The number of ether oxygens (including phenoxy) is 7. The van der Waals surface area contributed by atoms with Gasteiger partial charge >= 0.3 is 12.2 Å². The Labute approximate surface area is 409 Å². The first-order valence-corrected chi connectivity index (χ1v) is 24.5. The van der Waals surface area contributed by atoms with Crippen LogP contribution in [-0.2, 0) is 38.7 Å². The molecule has 0 spiro atoms. The highest BCUT2D eigenvalue weighted by molar-refractivity contribution is 6.03. The maximum Gasteiger partial charge on any atom is 0.412 e. The molecule has 3 N–H and O–H groups in total. The zero-order valence-electron chi connectivity index (χ0n) is 39.9. The summed E-state index contributed by atoms with van der Waals surface area (Å²) >= 11 is 0. The Morgan fingerprint density at radius 2 is 1.61 bits per heavy atom. The summed E-state index contributed by atoms with van der Waals surface area (Å²) in [6.07, 6.45) is 7.11. The number of nitrogens with zero attached hydrogens (tertiary/aromatic N) is 2. The minimum absolute atomic E-state index is 0.00254. The predicted octanol–water partition coefficient (Wildman–Crippen LogP) is 9.21. The molecule has 0 unspecified atom stereocenters. The third-order valence-electron chi connectivity index (χ3n) is 13.4. The Bertz CT molecular complexity index is 2430. The molecule has 70 heavy (non-hydrogen) atoms. The van der Waals surface area contributed by atoms with Gasteiger partial charge in [0.15, 0.2) is 11.5 Å². The Morgan fingerprint density at radius 1 is 0.871 bits per heavy atom. The van der Waals surface area contributed by atoms with Gasteiger partial charge in [-0.1, -0.05) is 96.9 Å². The van der Waals surface area contributed by atoms with Crippen LogP contribution in [0.4, 0.5) is 9.59 Å². The molecule has 1 saturated carbocycles. The van der Waals surface area contributed by atoms with Crippen LogP contribution in [0.1, 0.15) is 80.0 Å². The number of nitrogens with one attached hydrogen (secondary N) is 1. The molecule has 1 fully saturated rings. The fourth-order valence-electron chi connectivity index (χ4n) is 10.3. The number of carbonyl (C=O) groups is 2. The van der Waals surface area contributed by atoms with Gasteiger partial charge < -0.3 is 53.5 Å². The van der Waals surface area contributed by atoms with Crippen molar-refractivity contribution in [2.45, 2.75) is 89.3 Å². The number of hydrogen-bond donors (Lipinski definition) is 3. The summed E-state index contributed by atoms with van der Waals surface area (Å²) in [5.74, 6) is -0.587. The molecular weight excluding hydrogens is 895 g/mol. The topological polar surface area (TPSA) is 176 Å². The Morgan fingerprint density at radius 3 is 2.37 bits per heavy atom. The molecule has 4 aliphatic rings. The Hall–Kier alpha value is -6.39. The van der Waals surface area contributed by atoms with Gasteiger partial charge in [-0.05, 0) is 97.0 Å². The number of fused-ring (bicyclic) bond motifs is 3. The van der Waals surface area contributed by atoms with E-state index in [1.807, 2.05) is 91.9 Å².